The maximum atomic E-state index is 12.1. The van der Waals surface area contributed by atoms with Gasteiger partial charge < -0.3 is 34.8 Å². The molecule has 2 aromatic heterocycles. The molecule has 6 N–H and O–H groups in total. The minimum Gasteiger partial charge on any atom is -0.382 e. The summed E-state index contributed by atoms with van der Waals surface area (Å²) in [4.78, 5) is 49.9. The van der Waals surface area contributed by atoms with Crippen molar-refractivity contribution in [3.8, 4) is 0 Å². The van der Waals surface area contributed by atoms with E-state index in [1.54, 1.807) is 16.7 Å². The van der Waals surface area contributed by atoms with Gasteiger partial charge in [0.25, 0.3) is 2.72 Å². The zero-order chi connectivity index (χ0) is 23.9. The highest BCUT2D eigenvalue weighted by Crippen LogP contribution is 2.81. The van der Waals surface area contributed by atoms with Crippen LogP contribution in [0, 0.1) is 0 Å². The highest BCUT2D eigenvalue weighted by atomic mass is 79.9. The van der Waals surface area contributed by atoms with E-state index < -0.39 is 44.2 Å². The van der Waals surface area contributed by atoms with Crippen LogP contribution in [0.25, 0.3) is 11.2 Å². The van der Waals surface area contributed by atoms with Crippen molar-refractivity contribution in [3.63, 3.8) is 0 Å². The van der Waals surface area contributed by atoms with E-state index in [9.17, 15) is 23.5 Å². The Morgan fingerprint density at radius 3 is 2.50 bits per heavy atom. The molecule has 3 heterocycles. The van der Waals surface area contributed by atoms with E-state index in [-0.39, 0.29) is 12.4 Å². The van der Waals surface area contributed by atoms with E-state index in [1.807, 2.05) is 0 Å². The van der Waals surface area contributed by atoms with Crippen molar-refractivity contribution < 1.29 is 47.1 Å². The first-order valence-electron chi connectivity index (χ1n) is 8.29. The van der Waals surface area contributed by atoms with Crippen LogP contribution in [-0.2, 0) is 27.5 Å². The second-order valence-corrected chi connectivity index (χ2v) is 18.2. The molecule has 0 saturated heterocycles. The summed E-state index contributed by atoms with van der Waals surface area (Å²) in [6.45, 7) is -0.243. The van der Waals surface area contributed by atoms with Crippen molar-refractivity contribution in [3.05, 3.63) is 24.8 Å². The first kappa shape index (κ1) is 26.1. The number of nitrogens with two attached hydrogens (primary N) is 1. The molecular formula is C12H16Br2N5O10P3. The third kappa shape index (κ3) is 5.40. The van der Waals surface area contributed by atoms with Crippen molar-refractivity contribution in [2.45, 2.75) is 15.0 Å². The third-order valence-electron chi connectivity index (χ3n) is 3.93. The number of halogens is 2. The second kappa shape index (κ2) is 9.25. The number of alkyl halides is 2. The molecule has 0 saturated carbocycles. The Hall–Kier alpha value is -0.540. The molecule has 2 aromatic rings. The lowest BCUT2D eigenvalue weighted by molar-refractivity contribution is -0.0215. The highest BCUT2D eigenvalue weighted by Gasteiger charge is 2.60. The summed E-state index contributed by atoms with van der Waals surface area (Å²) >= 11 is 4.67. The Morgan fingerprint density at radius 1 is 1.16 bits per heavy atom. The molecule has 4 atom stereocenters. The molecule has 0 radical (unpaired) electrons. The van der Waals surface area contributed by atoms with Crippen molar-refractivity contribution in [1.82, 2.24) is 19.5 Å². The van der Waals surface area contributed by atoms with Crippen LogP contribution in [0.2, 0.25) is 0 Å². The van der Waals surface area contributed by atoms with Gasteiger partial charge in [0.1, 0.15) is 24.3 Å². The van der Waals surface area contributed by atoms with E-state index in [0.717, 1.165) is 0 Å². The van der Waals surface area contributed by atoms with Crippen LogP contribution in [0.5, 0.6) is 0 Å². The van der Waals surface area contributed by atoms with Crippen LogP contribution < -0.4 is 5.73 Å². The molecule has 1 aliphatic rings. The largest absolute Gasteiger partial charge is 0.382 e. The number of ether oxygens (including phenoxy) is 2. The number of hydrogen-bond donors (Lipinski definition) is 5. The number of nitrogen functional groups attached to an aromatic ring is 1. The van der Waals surface area contributed by atoms with E-state index >= 15 is 0 Å². The Morgan fingerprint density at radius 2 is 1.84 bits per heavy atom. The summed E-state index contributed by atoms with van der Waals surface area (Å²) in [5.74, 6) is 0.199. The average molecular weight is 643 g/mol. The van der Waals surface area contributed by atoms with Crippen LogP contribution in [0.3, 0.4) is 0 Å². The Balaban J connectivity index is 1.56. The lowest BCUT2D eigenvalue weighted by Gasteiger charge is -2.27. The van der Waals surface area contributed by atoms with Gasteiger partial charge in [-0.1, -0.05) is 6.08 Å². The molecular weight excluding hydrogens is 627 g/mol. The van der Waals surface area contributed by atoms with Gasteiger partial charge in [-0.05, 0) is 37.9 Å². The van der Waals surface area contributed by atoms with Crippen molar-refractivity contribution in [2.75, 3.05) is 18.7 Å². The molecule has 0 aliphatic carbocycles. The molecule has 20 heteroatoms. The smallest absolute Gasteiger partial charge is 0.375 e. The SMILES string of the molecule is Nc1ncnc2c1ncn2[C@H]1C=C[C@@H](COCP(=O)(O)OP(=O)(O)C(Br)(Br)P(=O)(O)O)O1. The fourth-order valence-electron chi connectivity index (χ4n) is 2.49. The molecule has 3 rings (SSSR count). The first-order chi connectivity index (χ1) is 14.6. The molecule has 15 nitrogen and oxygen atoms in total. The Bertz CT molecular complexity index is 1190. The van der Waals surface area contributed by atoms with Gasteiger partial charge in [0.05, 0.1) is 12.9 Å². The van der Waals surface area contributed by atoms with Crippen LogP contribution in [0.15, 0.2) is 24.8 Å². The minimum atomic E-state index is -5.38. The van der Waals surface area contributed by atoms with Crippen LogP contribution in [0.1, 0.15) is 6.23 Å². The topological polar surface area (TPSA) is 229 Å². The highest BCUT2D eigenvalue weighted by molar-refractivity contribution is 9.29. The fraction of sp³-hybridized carbons (Fsp3) is 0.417. The first-order valence-corrected chi connectivity index (χ1v) is 14.8. The molecule has 178 valence electrons. The lowest BCUT2D eigenvalue weighted by atomic mass is 10.4. The Kier molecular flexibility index (Phi) is 7.54. The lowest BCUT2D eigenvalue weighted by Crippen LogP contribution is -2.18. The minimum absolute atomic E-state index is 0.199. The van der Waals surface area contributed by atoms with E-state index in [4.69, 9.17) is 25.0 Å². The monoisotopic (exact) mass is 641 g/mol. The van der Waals surface area contributed by atoms with Gasteiger partial charge in [0, 0.05) is 0 Å². The fourth-order valence-corrected chi connectivity index (χ4v) is 7.60. The van der Waals surface area contributed by atoms with Gasteiger partial charge in [0.2, 0.25) is 0 Å². The van der Waals surface area contributed by atoms with E-state index in [1.165, 1.54) is 12.7 Å². The van der Waals surface area contributed by atoms with Crippen LogP contribution >= 0.6 is 54.6 Å². The van der Waals surface area contributed by atoms with Crippen molar-refractivity contribution in [1.29, 1.82) is 0 Å². The number of imidazole rings is 1. The number of aromatic nitrogens is 4. The summed E-state index contributed by atoms with van der Waals surface area (Å²) < 4.78 is 49.2. The zero-order valence-corrected chi connectivity index (χ0v) is 21.4. The van der Waals surface area contributed by atoms with E-state index in [2.05, 4.69) is 51.1 Å². The summed E-state index contributed by atoms with van der Waals surface area (Å²) in [5.41, 5.74) is 6.56. The van der Waals surface area contributed by atoms with Crippen LogP contribution in [-0.4, -0.2) is 60.9 Å². The van der Waals surface area contributed by atoms with Crippen molar-refractivity contribution in [2.24, 2.45) is 0 Å². The molecule has 0 aromatic carbocycles. The number of rotatable bonds is 9. The van der Waals surface area contributed by atoms with Gasteiger partial charge in [-0.2, -0.15) is 0 Å². The number of anilines is 1. The number of fused-ring (bicyclic) bond motifs is 1. The molecule has 0 amide bonds. The van der Waals surface area contributed by atoms with E-state index in [0.29, 0.717) is 11.2 Å². The predicted molar refractivity (Wildman–Crippen MR) is 117 cm³/mol. The molecule has 0 fully saturated rings. The van der Waals surface area contributed by atoms with Crippen molar-refractivity contribution >= 4 is 71.6 Å². The molecule has 2 unspecified atom stereocenters. The maximum Gasteiger partial charge on any atom is 0.375 e. The van der Waals surface area contributed by atoms with Gasteiger partial charge >= 0.3 is 22.8 Å². The average Bonchev–Trinajstić information content (AvgIpc) is 3.27. The molecule has 0 spiro atoms. The number of nitrogens with zero attached hydrogens (tertiary/aromatic N) is 4. The summed E-state index contributed by atoms with van der Waals surface area (Å²) in [5, 5.41) is 0. The summed E-state index contributed by atoms with van der Waals surface area (Å²) in [7, 11) is -15.6. The third-order valence-corrected chi connectivity index (χ3v) is 14.7. The summed E-state index contributed by atoms with van der Waals surface area (Å²) in [6, 6.07) is 0. The van der Waals surface area contributed by atoms with Gasteiger partial charge in [-0.15, -0.1) is 0 Å². The molecule has 32 heavy (non-hydrogen) atoms. The van der Waals surface area contributed by atoms with Crippen LogP contribution in [0.4, 0.5) is 5.82 Å². The number of hydrogen-bond acceptors (Lipinski definition) is 10. The molecule has 1 aliphatic heterocycles. The normalized spacial score (nSPS) is 23.3. The quantitative estimate of drug-likeness (QED) is 0.149. The summed E-state index contributed by atoms with van der Waals surface area (Å²) in [6.07, 6.45) is 3.66. The maximum absolute atomic E-state index is 12.1. The zero-order valence-electron chi connectivity index (χ0n) is 15.6. The van der Waals surface area contributed by atoms with Gasteiger partial charge in [-0.25, -0.2) is 19.3 Å². The second-order valence-electron chi connectivity index (χ2n) is 6.33. The van der Waals surface area contributed by atoms with Gasteiger partial charge in [0.15, 0.2) is 17.7 Å². The predicted octanol–water partition coefficient (Wildman–Crippen LogP) is 1.80. The molecule has 0 bridgehead atoms. The van der Waals surface area contributed by atoms with Gasteiger partial charge in [-0.3, -0.25) is 18.3 Å². The Labute approximate surface area is 196 Å². The standard InChI is InChI=1S/C12H16Br2N5O10P3/c13-12(14,31(22,23)24)32(25,26)29-30(20,21)6-27-3-7-1-2-8(28-7)19-5-18-9-10(15)16-4-17-11(9)19/h1-2,4-5,7-8H,3,6H2,(H,20,21)(H,25,26)(H2,15,16,17)(H2,22,23,24)/t7-,8+/m0/s1.